The van der Waals surface area contributed by atoms with E-state index in [0.29, 0.717) is 12.0 Å². The minimum Gasteiger partial charge on any atom is -0.494 e. The number of carbonyl (C=O) groups excluding carboxylic acids is 1. The second-order valence-corrected chi connectivity index (χ2v) is 4.91. The lowest BCUT2D eigenvalue weighted by atomic mass is 10.1. The number of halogens is 1. The zero-order chi connectivity index (χ0) is 14.9. The Morgan fingerprint density at radius 3 is 2.65 bits per heavy atom. The standard InChI is InChI=1S/C14H16FNO4/c1-7(8-3-4-12(20-2)11(15)5-8)16-13(17)9-6-10(9)14(18)19/h3-5,7,9-10H,6H2,1-2H3,(H,16,17)(H,18,19)/t7-,9-,10-/m0/s1. The molecule has 5 nitrogen and oxygen atoms in total. The second-order valence-electron chi connectivity index (χ2n) is 4.91. The van der Waals surface area contributed by atoms with E-state index in [1.54, 1.807) is 13.0 Å². The van der Waals surface area contributed by atoms with Gasteiger partial charge in [-0.2, -0.15) is 0 Å². The number of methoxy groups -OCH3 is 1. The van der Waals surface area contributed by atoms with Gasteiger partial charge in [0.25, 0.3) is 0 Å². The molecule has 0 saturated heterocycles. The average molecular weight is 281 g/mol. The number of benzene rings is 1. The molecule has 0 unspecified atom stereocenters. The van der Waals surface area contributed by atoms with E-state index in [1.165, 1.54) is 19.2 Å². The van der Waals surface area contributed by atoms with Gasteiger partial charge in [0.2, 0.25) is 5.91 Å². The molecule has 1 saturated carbocycles. The summed E-state index contributed by atoms with van der Waals surface area (Å²) in [5.41, 5.74) is 0.601. The third-order valence-corrected chi connectivity index (χ3v) is 3.48. The van der Waals surface area contributed by atoms with Crippen molar-refractivity contribution in [2.45, 2.75) is 19.4 Å². The molecular formula is C14H16FNO4. The molecule has 20 heavy (non-hydrogen) atoms. The first-order chi connectivity index (χ1) is 9.43. The highest BCUT2D eigenvalue weighted by Gasteiger charge is 2.48. The zero-order valence-electron chi connectivity index (χ0n) is 11.2. The van der Waals surface area contributed by atoms with Crippen LogP contribution < -0.4 is 10.1 Å². The summed E-state index contributed by atoms with van der Waals surface area (Å²) in [4.78, 5) is 22.5. The largest absolute Gasteiger partial charge is 0.494 e. The van der Waals surface area contributed by atoms with Crippen molar-refractivity contribution in [1.29, 1.82) is 0 Å². The van der Waals surface area contributed by atoms with Crippen LogP contribution in [0.25, 0.3) is 0 Å². The Morgan fingerprint density at radius 1 is 1.45 bits per heavy atom. The van der Waals surface area contributed by atoms with Crippen LogP contribution >= 0.6 is 0 Å². The summed E-state index contributed by atoms with van der Waals surface area (Å²) in [6.45, 7) is 1.72. The number of hydrogen-bond donors (Lipinski definition) is 2. The summed E-state index contributed by atoms with van der Waals surface area (Å²) in [7, 11) is 1.38. The maximum Gasteiger partial charge on any atom is 0.307 e. The van der Waals surface area contributed by atoms with Crippen LogP contribution in [0.4, 0.5) is 4.39 Å². The highest BCUT2D eigenvalue weighted by atomic mass is 19.1. The van der Waals surface area contributed by atoms with E-state index in [1.807, 2.05) is 0 Å². The Kier molecular flexibility index (Phi) is 3.92. The highest BCUT2D eigenvalue weighted by Crippen LogP contribution is 2.39. The molecule has 2 N–H and O–H groups in total. The Balaban J connectivity index is 1.98. The van der Waals surface area contributed by atoms with Crippen molar-refractivity contribution in [2.75, 3.05) is 7.11 Å². The number of hydrogen-bond acceptors (Lipinski definition) is 3. The van der Waals surface area contributed by atoms with Gasteiger partial charge in [0.15, 0.2) is 11.6 Å². The molecule has 2 rings (SSSR count). The maximum atomic E-state index is 13.6. The smallest absolute Gasteiger partial charge is 0.307 e. The summed E-state index contributed by atoms with van der Waals surface area (Å²) in [5, 5.41) is 11.5. The molecule has 0 radical (unpaired) electrons. The number of carbonyl (C=O) groups is 2. The lowest BCUT2D eigenvalue weighted by Crippen LogP contribution is -2.29. The van der Waals surface area contributed by atoms with Crippen LogP contribution in [0.2, 0.25) is 0 Å². The Hall–Kier alpha value is -2.11. The molecule has 1 aromatic carbocycles. The minimum atomic E-state index is -0.951. The van der Waals surface area contributed by atoms with E-state index >= 15 is 0 Å². The fraction of sp³-hybridized carbons (Fsp3) is 0.429. The summed E-state index contributed by atoms with van der Waals surface area (Å²) < 4.78 is 18.4. The van der Waals surface area contributed by atoms with Gasteiger partial charge in [0.1, 0.15) is 0 Å². The normalized spacial score (nSPS) is 21.9. The van der Waals surface area contributed by atoms with Crippen LogP contribution in [0.1, 0.15) is 24.9 Å². The predicted molar refractivity (Wildman–Crippen MR) is 68.7 cm³/mol. The number of carboxylic acids is 1. The number of carboxylic acid groups (broad SMARTS) is 1. The molecule has 6 heteroatoms. The summed E-state index contributed by atoms with van der Waals surface area (Å²) in [6, 6.07) is 4.06. The Morgan fingerprint density at radius 2 is 2.15 bits per heavy atom. The van der Waals surface area contributed by atoms with Crippen LogP contribution in [-0.2, 0) is 9.59 Å². The van der Waals surface area contributed by atoms with Crippen molar-refractivity contribution in [2.24, 2.45) is 11.8 Å². The zero-order valence-corrected chi connectivity index (χ0v) is 11.2. The van der Waals surface area contributed by atoms with Crippen LogP contribution in [0, 0.1) is 17.7 Å². The van der Waals surface area contributed by atoms with Crippen LogP contribution in [0.15, 0.2) is 18.2 Å². The van der Waals surface area contributed by atoms with E-state index in [2.05, 4.69) is 5.32 Å². The van der Waals surface area contributed by atoms with Crippen molar-refractivity contribution < 1.29 is 23.8 Å². The maximum absolute atomic E-state index is 13.6. The van der Waals surface area contributed by atoms with Crippen molar-refractivity contribution in [3.05, 3.63) is 29.6 Å². The first kappa shape index (κ1) is 14.3. The SMILES string of the molecule is COc1ccc([C@H](C)NC(=O)[C@H]2C[C@@H]2C(=O)O)cc1F. The van der Waals surface area contributed by atoms with Crippen LogP contribution in [0.5, 0.6) is 5.75 Å². The number of amides is 1. The van der Waals surface area contributed by atoms with Gasteiger partial charge < -0.3 is 15.2 Å². The number of ether oxygens (including phenoxy) is 1. The van der Waals surface area contributed by atoms with Gasteiger partial charge in [0, 0.05) is 0 Å². The highest BCUT2D eigenvalue weighted by molar-refractivity contribution is 5.89. The molecule has 1 aliphatic carbocycles. The molecule has 3 atom stereocenters. The average Bonchev–Trinajstić information content (AvgIpc) is 3.18. The van der Waals surface area contributed by atoms with E-state index in [4.69, 9.17) is 9.84 Å². The summed E-state index contributed by atoms with van der Waals surface area (Å²) in [5.74, 6) is -2.68. The topological polar surface area (TPSA) is 75.6 Å². The molecule has 1 amide bonds. The van der Waals surface area contributed by atoms with Gasteiger partial charge in [-0.25, -0.2) is 4.39 Å². The Labute approximate surface area is 115 Å². The van der Waals surface area contributed by atoms with Crippen molar-refractivity contribution in [1.82, 2.24) is 5.32 Å². The molecule has 0 spiro atoms. The predicted octanol–water partition coefficient (Wildman–Crippen LogP) is 1.73. The van der Waals surface area contributed by atoms with Crippen molar-refractivity contribution in [3.63, 3.8) is 0 Å². The molecule has 1 aliphatic rings. The molecule has 0 aliphatic heterocycles. The number of rotatable bonds is 5. The lowest BCUT2D eigenvalue weighted by Gasteiger charge is -2.15. The second kappa shape index (κ2) is 5.48. The summed E-state index contributed by atoms with van der Waals surface area (Å²) in [6.07, 6.45) is 0.366. The number of nitrogens with one attached hydrogen (secondary N) is 1. The molecular weight excluding hydrogens is 265 g/mol. The summed E-state index contributed by atoms with van der Waals surface area (Å²) >= 11 is 0. The van der Waals surface area contributed by atoms with Gasteiger partial charge in [-0.1, -0.05) is 6.07 Å². The van der Waals surface area contributed by atoms with E-state index in [0.717, 1.165) is 0 Å². The van der Waals surface area contributed by atoms with Gasteiger partial charge in [0.05, 0.1) is 25.0 Å². The lowest BCUT2D eigenvalue weighted by molar-refractivity contribution is -0.140. The van der Waals surface area contributed by atoms with Crippen LogP contribution in [-0.4, -0.2) is 24.1 Å². The van der Waals surface area contributed by atoms with E-state index < -0.39 is 29.7 Å². The first-order valence-corrected chi connectivity index (χ1v) is 6.30. The quantitative estimate of drug-likeness (QED) is 0.862. The van der Waals surface area contributed by atoms with Crippen LogP contribution in [0.3, 0.4) is 0 Å². The molecule has 0 heterocycles. The first-order valence-electron chi connectivity index (χ1n) is 6.30. The fourth-order valence-electron chi connectivity index (χ4n) is 2.11. The van der Waals surface area contributed by atoms with Crippen molar-refractivity contribution >= 4 is 11.9 Å². The molecule has 0 aromatic heterocycles. The molecule has 0 bridgehead atoms. The van der Waals surface area contributed by atoms with Gasteiger partial charge >= 0.3 is 5.97 Å². The molecule has 108 valence electrons. The number of aliphatic carboxylic acids is 1. The monoisotopic (exact) mass is 281 g/mol. The molecule has 1 fully saturated rings. The third kappa shape index (κ3) is 2.89. The van der Waals surface area contributed by atoms with Gasteiger partial charge in [-0.05, 0) is 31.0 Å². The van der Waals surface area contributed by atoms with Gasteiger partial charge in [-0.3, -0.25) is 9.59 Å². The van der Waals surface area contributed by atoms with Crippen molar-refractivity contribution in [3.8, 4) is 5.75 Å². The van der Waals surface area contributed by atoms with E-state index in [-0.39, 0.29) is 11.7 Å². The Bertz CT molecular complexity index is 546. The van der Waals surface area contributed by atoms with Gasteiger partial charge in [-0.15, -0.1) is 0 Å². The fourth-order valence-corrected chi connectivity index (χ4v) is 2.11. The van der Waals surface area contributed by atoms with E-state index in [9.17, 15) is 14.0 Å². The minimum absolute atomic E-state index is 0.139. The molecule has 1 aromatic rings. The third-order valence-electron chi connectivity index (χ3n) is 3.48.